The van der Waals surface area contributed by atoms with Crippen LogP contribution in [-0.2, 0) is 13.3 Å². The van der Waals surface area contributed by atoms with Crippen LogP contribution < -0.4 is 0 Å². The maximum Gasteiger partial charge on any atom is 0.536 e. The number of alkyl halides is 1. The van der Waals surface area contributed by atoms with E-state index in [4.69, 9.17) is 13.3 Å². The van der Waals surface area contributed by atoms with Gasteiger partial charge in [0.15, 0.2) is 5.79 Å². The van der Waals surface area contributed by atoms with Gasteiger partial charge >= 0.3 is 8.80 Å². The van der Waals surface area contributed by atoms with Gasteiger partial charge in [-0.25, -0.2) is 4.39 Å². The molecule has 3 nitrogen and oxygen atoms in total. The van der Waals surface area contributed by atoms with Crippen molar-refractivity contribution in [2.45, 2.75) is 25.6 Å². The molecule has 0 aliphatic rings. The van der Waals surface area contributed by atoms with Gasteiger partial charge in [0, 0.05) is 21.3 Å². The molecule has 0 fully saturated rings. The Hall–Kier alpha value is 0.0269. The molecule has 0 aliphatic carbocycles. The molecule has 0 aromatic rings. The minimum Gasteiger partial charge on any atom is -0.375 e. The van der Waals surface area contributed by atoms with Gasteiger partial charge in [-0.05, 0) is 6.42 Å². The van der Waals surface area contributed by atoms with Crippen LogP contribution in [0.3, 0.4) is 0 Å². The Morgan fingerprint density at radius 3 is 1.83 bits per heavy atom. The molecule has 0 aliphatic heterocycles. The largest absolute Gasteiger partial charge is 0.536 e. The first-order chi connectivity index (χ1) is 5.66. The van der Waals surface area contributed by atoms with E-state index >= 15 is 0 Å². The standard InChI is InChI=1S/C7H17FO3Si/c1-5-6-7(8)12(9-2,10-3)11-4/h7H,5-6H2,1-4H3. The molecule has 0 bridgehead atoms. The molecule has 0 aromatic heterocycles. The summed E-state index contributed by atoms with van der Waals surface area (Å²) in [6, 6.07) is 0. The molecule has 0 saturated heterocycles. The van der Waals surface area contributed by atoms with Crippen molar-refractivity contribution in [3.63, 3.8) is 0 Å². The summed E-state index contributed by atoms with van der Waals surface area (Å²) in [7, 11) is 1.25. The van der Waals surface area contributed by atoms with Crippen molar-refractivity contribution < 1.29 is 17.7 Å². The Kier molecular flexibility index (Phi) is 5.65. The van der Waals surface area contributed by atoms with Crippen LogP contribution in [0.5, 0.6) is 0 Å². The van der Waals surface area contributed by atoms with E-state index in [-0.39, 0.29) is 0 Å². The Morgan fingerprint density at radius 2 is 1.58 bits per heavy atom. The fourth-order valence-corrected chi connectivity index (χ4v) is 2.97. The SMILES string of the molecule is CCCC(F)[Si](OC)(OC)OC. The summed E-state index contributed by atoms with van der Waals surface area (Å²) in [5.74, 6) is -1.12. The number of hydrogen-bond acceptors (Lipinski definition) is 3. The molecule has 0 spiro atoms. The predicted octanol–water partition coefficient (Wildman–Crippen LogP) is 1.54. The lowest BCUT2D eigenvalue weighted by Crippen LogP contribution is -2.52. The van der Waals surface area contributed by atoms with E-state index in [1.165, 1.54) is 21.3 Å². The highest BCUT2D eigenvalue weighted by molar-refractivity contribution is 6.62. The van der Waals surface area contributed by atoms with E-state index in [1.54, 1.807) is 0 Å². The normalized spacial score (nSPS) is 14.8. The van der Waals surface area contributed by atoms with Crippen LogP contribution in [0.25, 0.3) is 0 Å². The average Bonchev–Trinajstić information content (AvgIpc) is 2.09. The van der Waals surface area contributed by atoms with E-state index in [0.29, 0.717) is 6.42 Å². The minimum atomic E-state index is -3.01. The van der Waals surface area contributed by atoms with Gasteiger partial charge in [-0.15, -0.1) is 0 Å². The Labute approximate surface area is 74.2 Å². The third kappa shape index (κ3) is 2.51. The first-order valence-electron chi connectivity index (χ1n) is 3.96. The van der Waals surface area contributed by atoms with E-state index in [0.717, 1.165) is 6.42 Å². The Bertz CT molecular complexity index is 111. The lowest BCUT2D eigenvalue weighted by molar-refractivity contribution is 0.0859. The van der Waals surface area contributed by atoms with Crippen molar-refractivity contribution in [1.29, 1.82) is 0 Å². The smallest absolute Gasteiger partial charge is 0.375 e. The fourth-order valence-electron chi connectivity index (χ4n) is 1.06. The second-order valence-corrected chi connectivity index (χ2v) is 5.53. The lowest BCUT2D eigenvalue weighted by atomic mass is 10.4. The second kappa shape index (κ2) is 5.63. The molecule has 0 amide bonds. The van der Waals surface area contributed by atoms with Crippen molar-refractivity contribution in [3.8, 4) is 0 Å². The van der Waals surface area contributed by atoms with Gasteiger partial charge < -0.3 is 13.3 Å². The lowest BCUT2D eigenvalue weighted by Gasteiger charge is -2.27. The summed E-state index contributed by atoms with van der Waals surface area (Å²) in [6.45, 7) is 1.91. The predicted molar refractivity (Wildman–Crippen MR) is 46.6 cm³/mol. The number of halogens is 1. The van der Waals surface area contributed by atoms with Gasteiger partial charge in [-0.3, -0.25) is 0 Å². The van der Waals surface area contributed by atoms with Crippen molar-refractivity contribution in [3.05, 3.63) is 0 Å². The first kappa shape index (κ1) is 12.0. The molecule has 0 saturated carbocycles. The Balaban J connectivity index is 4.24. The van der Waals surface area contributed by atoms with Crippen molar-refractivity contribution in [2.24, 2.45) is 0 Å². The minimum absolute atomic E-state index is 0.418. The van der Waals surface area contributed by atoms with E-state index in [2.05, 4.69) is 0 Å². The molecule has 12 heavy (non-hydrogen) atoms. The van der Waals surface area contributed by atoms with Crippen molar-refractivity contribution >= 4 is 8.80 Å². The highest BCUT2D eigenvalue weighted by atomic mass is 28.4. The van der Waals surface area contributed by atoms with Gasteiger partial charge in [-0.1, -0.05) is 13.3 Å². The Morgan fingerprint density at radius 1 is 1.17 bits per heavy atom. The summed E-state index contributed by atoms with van der Waals surface area (Å²) in [5, 5.41) is 0. The van der Waals surface area contributed by atoms with E-state index in [9.17, 15) is 4.39 Å². The molecule has 0 heterocycles. The molecule has 5 heteroatoms. The van der Waals surface area contributed by atoms with Crippen LogP contribution in [0, 0.1) is 0 Å². The van der Waals surface area contributed by atoms with Gasteiger partial charge in [0.05, 0.1) is 0 Å². The zero-order chi connectivity index (χ0) is 9.61. The molecular weight excluding hydrogens is 179 g/mol. The van der Waals surface area contributed by atoms with Crippen LogP contribution in [0.2, 0.25) is 0 Å². The first-order valence-corrected chi connectivity index (χ1v) is 5.76. The third-order valence-electron chi connectivity index (χ3n) is 1.78. The van der Waals surface area contributed by atoms with E-state index < -0.39 is 14.6 Å². The van der Waals surface area contributed by atoms with Gasteiger partial charge in [0.2, 0.25) is 0 Å². The monoisotopic (exact) mass is 196 g/mol. The molecule has 1 atom stereocenters. The van der Waals surface area contributed by atoms with Crippen LogP contribution >= 0.6 is 0 Å². The van der Waals surface area contributed by atoms with E-state index in [1.807, 2.05) is 6.92 Å². The van der Waals surface area contributed by atoms with Crippen LogP contribution in [0.4, 0.5) is 4.39 Å². The molecule has 0 aromatic carbocycles. The van der Waals surface area contributed by atoms with Crippen LogP contribution in [0.1, 0.15) is 19.8 Å². The fraction of sp³-hybridized carbons (Fsp3) is 1.00. The molecular formula is C7H17FO3Si. The summed E-state index contributed by atoms with van der Waals surface area (Å²) in [4.78, 5) is 0. The van der Waals surface area contributed by atoms with Gasteiger partial charge in [0.1, 0.15) is 0 Å². The molecule has 0 radical (unpaired) electrons. The molecule has 1 unspecified atom stereocenters. The maximum absolute atomic E-state index is 13.4. The summed E-state index contributed by atoms with van der Waals surface area (Å²) in [6.07, 6.45) is 1.17. The zero-order valence-corrected chi connectivity index (χ0v) is 9.09. The highest BCUT2D eigenvalue weighted by Crippen LogP contribution is 2.18. The number of hydrogen-bond donors (Lipinski definition) is 0. The topological polar surface area (TPSA) is 27.7 Å². The zero-order valence-electron chi connectivity index (χ0n) is 8.09. The number of rotatable bonds is 6. The van der Waals surface area contributed by atoms with Crippen molar-refractivity contribution in [2.75, 3.05) is 21.3 Å². The second-order valence-electron chi connectivity index (χ2n) is 2.47. The van der Waals surface area contributed by atoms with Crippen LogP contribution in [-0.4, -0.2) is 35.9 Å². The summed E-state index contributed by atoms with van der Waals surface area (Å²) in [5.41, 5.74) is 0. The molecule has 0 rings (SSSR count). The maximum atomic E-state index is 13.4. The molecule has 0 N–H and O–H groups in total. The third-order valence-corrected chi connectivity index (χ3v) is 4.54. The average molecular weight is 196 g/mol. The van der Waals surface area contributed by atoms with Gasteiger partial charge in [0.25, 0.3) is 0 Å². The van der Waals surface area contributed by atoms with Crippen LogP contribution in [0.15, 0.2) is 0 Å². The van der Waals surface area contributed by atoms with Gasteiger partial charge in [-0.2, -0.15) is 0 Å². The quantitative estimate of drug-likeness (QED) is 0.603. The summed E-state index contributed by atoms with van der Waals surface area (Å²) < 4.78 is 28.3. The van der Waals surface area contributed by atoms with Crippen molar-refractivity contribution in [1.82, 2.24) is 0 Å². The highest BCUT2D eigenvalue weighted by Gasteiger charge is 2.47. The molecule has 74 valence electrons. The summed E-state index contributed by atoms with van der Waals surface area (Å²) >= 11 is 0.